The highest BCUT2D eigenvalue weighted by atomic mass is 35.5. The molecule has 6 aliphatic heterocycles. The molecule has 0 aromatic heterocycles. The van der Waals surface area contributed by atoms with Crippen molar-refractivity contribution < 1.29 is 14.8 Å². The molecule has 3 aromatic rings. The van der Waals surface area contributed by atoms with E-state index in [9.17, 15) is 15.1 Å². The van der Waals surface area contributed by atoms with Gasteiger partial charge in [0.25, 0.3) is 0 Å². The molecule has 0 radical (unpaired) electrons. The van der Waals surface area contributed by atoms with Gasteiger partial charge in [-0.15, -0.1) is 12.4 Å². The summed E-state index contributed by atoms with van der Waals surface area (Å²) in [7, 11) is -0.790. The maximum absolute atomic E-state index is 11.1. The molecular weight excluding hydrogens is 874 g/mol. The zero-order valence-corrected chi connectivity index (χ0v) is 41.0. The van der Waals surface area contributed by atoms with E-state index in [0.29, 0.717) is 54.5 Å². The maximum atomic E-state index is 11.1. The van der Waals surface area contributed by atoms with Gasteiger partial charge in [0.05, 0.1) is 24.4 Å². The number of nitrogens with one attached hydrogen (secondary N) is 3. The quantitative estimate of drug-likeness (QED) is 0.119. The van der Waals surface area contributed by atoms with Gasteiger partial charge in [0, 0.05) is 120 Å². The molecule has 18 heteroatoms. The van der Waals surface area contributed by atoms with Crippen LogP contribution in [0, 0.1) is 24.5 Å². The molecule has 68 heavy (non-hydrogen) atoms. The predicted octanol–water partition coefficient (Wildman–Crippen LogP) is 5.42. The number of piperidine rings is 3. The van der Waals surface area contributed by atoms with Crippen molar-refractivity contribution in [3.05, 3.63) is 101 Å². The molecule has 0 saturated carbocycles. The van der Waals surface area contributed by atoms with E-state index in [2.05, 4.69) is 68.2 Å². The first-order valence-electron chi connectivity index (χ1n) is 24.6. The number of hydrogen-bond donors (Lipinski definition) is 6. The van der Waals surface area contributed by atoms with Gasteiger partial charge < -0.3 is 46.3 Å². The van der Waals surface area contributed by atoms with Gasteiger partial charge in [-0.1, -0.05) is 48.5 Å². The summed E-state index contributed by atoms with van der Waals surface area (Å²) in [6.07, 6.45) is 9.23. The number of ketones is 1. The van der Waals surface area contributed by atoms with Crippen molar-refractivity contribution in [3.8, 4) is 6.07 Å². The Labute approximate surface area is 412 Å². The molecule has 6 heterocycles. The van der Waals surface area contributed by atoms with Gasteiger partial charge in [-0.2, -0.15) is 5.26 Å². The lowest BCUT2D eigenvalue weighted by atomic mass is 9.87. The fourth-order valence-electron chi connectivity index (χ4n) is 10.3. The number of halogens is 1. The zero-order chi connectivity index (χ0) is 47.5. The van der Waals surface area contributed by atoms with Crippen molar-refractivity contribution >= 4 is 60.7 Å². The third kappa shape index (κ3) is 16.2. The molecule has 7 N–H and O–H groups in total. The van der Waals surface area contributed by atoms with Gasteiger partial charge in [-0.05, 0) is 95.9 Å². The third-order valence-corrected chi connectivity index (χ3v) is 13.8. The molecule has 3 unspecified atom stereocenters. The summed E-state index contributed by atoms with van der Waals surface area (Å²) in [5.74, 6) is 0.326. The van der Waals surface area contributed by atoms with Crippen LogP contribution in [-0.2, 0) is 4.79 Å². The first-order valence-corrected chi connectivity index (χ1v) is 24.6. The van der Waals surface area contributed by atoms with E-state index in [4.69, 9.17) is 23.9 Å². The lowest BCUT2D eigenvalue weighted by Crippen LogP contribution is -2.46. The Morgan fingerprint density at radius 3 is 1.62 bits per heavy atom. The van der Waals surface area contributed by atoms with Crippen LogP contribution >= 0.6 is 12.4 Å². The molecular formula is C50H73B2ClN12O3. The lowest BCUT2D eigenvalue weighted by molar-refractivity contribution is -0.119. The Balaban J connectivity index is 0.000000176. The van der Waals surface area contributed by atoms with Gasteiger partial charge in [0.1, 0.15) is 11.9 Å². The van der Waals surface area contributed by atoms with Crippen LogP contribution in [0.4, 0.5) is 28.4 Å². The first kappa shape index (κ1) is 54.2. The van der Waals surface area contributed by atoms with E-state index < -0.39 is 7.05 Å². The molecule has 364 valence electrons. The number of Topliss-reactive ketones (excluding diaryl/α,β-unsaturated/α-hetero) is 1. The summed E-state index contributed by atoms with van der Waals surface area (Å²) in [6, 6.07) is 28.3. The Hall–Kier alpha value is -4.70. The van der Waals surface area contributed by atoms with Crippen LogP contribution in [0.3, 0.4) is 0 Å². The molecule has 6 saturated heterocycles. The number of nitrogens with two attached hydrogens (primary N) is 1. The van der Waals surface area contributed by atoms with E-state index in [1.54, 1.807) is 13.6 Å². The van der Waals surface area contributed by atoms with E-state index >= 15 is 0 Å². The van der Waals surface area contributed by atoms with Gasteiger partial charge in [-0.3, -0.25) is 14.6 Å². The van der Waals surface area contributed by atoms with Gasteiger partial charge in [-0.25, -0.2) is 9.69 Å². The van der Waals surface area contributed by atoms with Crippen molar-refractivity contribution in [1.29, 1.82) is 5.26 Å². The second-order valence-electron chi connectivity index (χ2n) is 18.7. The molecule has 9 rings (SSSR count). The Morgan fingerprint density at radius 2 is 1.13 bits per heavy atom. The predicted molar refractivity (Wildman–Crippen MR) is 280 cm³/mol. The fourth-order valence-corrected chi connectivity index (χ4v) is 10.3. The van der Waals surface area contributed by atoms with Crippen LogP contribution < -0.4 is 36.2 Å². The normalized spacial score (nSPS) is 22.2. The summed E-state index contributed by atoms with van der Waals surface area (Å²) in [4.78, 5) is 30.2. The van der Waals surface area contributed by atoms with Crippen molar-refractivity contribution in [2.75, 3.05) is 93.2 Å². The summed E-state index contributed by atoms with van der Waals surface area (Å²) >= 11 is 0. The van der Waals surface area contributed by atoms with Crippen molar-refractivity contribution in [1.82, 2.24) is 25.6 Å². The maximum Gasteiger partial charge on any atom is 0.373 e. The highest BCUT2D eigenvalue weighted by molar-refractivity contribution is 6.45. The highest BCUT2D eigenvalue weighted by Crippen LogP contribution is 2.33. The zero-order valence-electron chi connectivity index (χ0n) is 40.2. The number of anilines is 3. The number of para-hydroxylation sites is 5. The van der Waals surface area contributed by atoms with E-state index in [-0.39, 0.29) is 19.5 Å². The minimum atomic E-state index is -0.424. The van der Waals surface area contributed by atoms with Crippen LogP contribution in [0.1, 0.15) is 63.4 Å². The monoisotopic (exact) mass is 947 g/mol. The summed E-state index contributed by atoms with van der Waals surface area (Å²) < 4.78 is 0. The number of hydrogen-bond acceptors (Lipinski definition) is 13. The van der Waals surface area contributed by atoms with Gasteiger partial charge >= 0.3 is 14.1 Å². The standard InChI is InChI=1S/C17H25BN4O.C16H22N4.C12H12N2O.C5H13BN2O.ClH/c1-18(23)20-14-7-10-22(13-14)15-8-11-21(12-9-15)17-6-4-3-5-16(17)19-2;17-11-13-3-1-2-4-16(13)19-9-6-15(7-10-19)20-8-5-14(18)12-20;1-13-11-4-2-3-5-12(11)14-8-6-10(15)7-9-14;1-6(9)8-5-2-3-7-4-5;/h3-6,14-15,20,23H,7-13H2,1H3;1-4,14-15H,5-10,12,18H2;2-5H,6-9H2;5,7-9H,2-4H2,1H3;1H. The number of benzene rings is 3. The first-order chi connectivity index (χ1) is 32.5. The summed E-state index contributed by atoms with van der Waals surface area (Å²) in [6.45, 7) is 29.9. The molecule has 6 fully saturated rings. The Bertz CT molecular complexity index is 2120. The van der Waals surface area contributed by atoms with Crippen LogP contribution in [0.25, 0.3) is 9.69 Å². The Morgan fingerprint density at radius 1 is 0.662 bits per heavy atom. The summed E-state index contributed by atoms with van der Waals surface area (Å²) in [5, 5.41) is 37.0. The van der Waals surface area contributed by atoms with E-state index in [1.807, 2.05) is 60.7 Å². The van der Waals surface area contributed by atoms with Crippen molar-refractivity contribution in [3.63, 3.8) is 0 Å². The second-order valence-corrected chi connectivity index (χ2v) is 18.7. The minimum Gasteiger partial charge on any atom is -0.437 e. The topological polar surface area (TPSA) is 168 Å². The number of nitrogens with zero attached hydrogens (tertiary/aromatic N) is 8. The van der Waals surface area contributed by atoms with Crippen LogP contribution in [0.5, 0.6) is 0 Å². The highest BCUT2D eigenvalue weighted by Gasteiger charge is 2.32. The molecule has 3 atom stereocenters. The molecule has 0 bridgehead atoms. The smallest absolute Gasteiger partial charge is 0.373 e. The average molecular weight is 947 g/mol. The van der Waals surface area contributed by atoms with E-state index in [0.717, 1.165) is 139 Å². The number of nitriles is 1. The van der Waals surface area contributed by atoms with Crippen molar-refractivity contribution in [2.45, 2.75) is 102 Å². The van der Waals surface area contributed by atoms with Gasteiger partial charge in [0.15, 0.2) is 0 Å². The van der Waals surface area contributed by atoms with E-state index in [1.165, 1.54) is 12.8 Å². The minimum absolute atomic E-state index is 0. The summed E-state index contributed by atoms with van der Waals surface area (Å²) in [5.41, 5.74) is 11.3. The average Bonchev–Trinajstić information content (AvgIpc) is 4.16. The second kappa shape index (κ2) is 28.1. The van der Waals surface area contributed by atoms with Crippen LogP contribution in [-0.4, -0.2) is 148 Å². The van der Waals surface area contributed by atoms with Crippen LogP contribution in [0.2, 0.25) is 13.6 Å². The Kier molecular flexibility index (Phi) is 22.4. The molecule has 0 aliphatic carbocycles. The lowest BCUT2D eigenvalue weighted by Gasteiger charge is -2.38. The molecule has 0 spiro atoms. The van der Waals surface area contributed by atoms with Crippen molar-refractivity contribution in [2.24, 2.45) is 5.73 Å². The fraction of sp³-hybridized carbons (Fsp3) is 0.560. The number of carbonyl (C=O) groups is 1. The van der Waals surface area contributed by atoms with Crippen LogP contribution in [0.15, 0.2) is 72.8 Å². The van der Waals surface area contributed by atoms with Gasteiger partial charge in [0.2, 0.25) is 11.4 Å². The number of carbonyl (C=O) groups excluding carboxylic acids is 1. The molecule has 6 aliphatic rings. The number of rotatable bonds is 9. The molecule has 3 aromatic carbocycles. The number of likely N-dealkylation sites (tertiary alicyclic amines) is 2. The molecule has 15 nitrogen and oxygen atoms in total. The largest absolute Gasteiger partial charge is 0.437 e. The SMILES string of the molecule is CB(O)NC1CCNC1.Cl.N#Cc1ccccc1N1CCC(N2CCC(N)C2)CC1.[C-]#[N+]c1ccccc1N1CCC(=O)CC1.[C-]#[N+]c1ccccc1N1CCC(N2CCC(NB(C)O)C2)CC1. The third-order valence-electron chi connectivity index (χ3n) is 13.8. The molecule has 0 amide bonds.